The van der Waals surface area contributed by atoms with Crippen molar-refractivity contribution in [2.75, 3.05) is 0 Å². The molecule has 0 bridgehead atoms. The molecule has 12 heteroatoms. The van der Waals surface area contributed by atoms with Crippen LogP contribution in [0.25, 0.3) is 0 Å². The largest absolute Gasteiger partial charge is 0.573 e. The van der Waals surface area contributed by atoms with Gasteiger partial charge < -0.3 is 4.74 Å². The Labute approximate surface area is 98.3 Å². The van der Waals surface area contributed by atoms with Gasteiger partial charge in [0.1, 0.15) is 0 Å². The van der Waals surface area contributed by atoms with Crippen molar-refractivity contribution in [3.8, 4) is 5.75 Å². The lowest BCUT2D eigenvalue weighted by atomic mass is 10.2. The smallest absolute Gasteiger partial charge is 0.401 e. The molecule has 1 aromatic rings. The molecule has 0 saturated carbocycles. The first kappa shape index (κ1) is 14.9. The van der Waals surface area contributed by atoms with Crippen molar-refractivity contribution in [2.24, 2.45) is 0 Å². The van der Waals surface area contributed by atoms with Crippen LogP contribution in [0, 0.1) is 15.9 Å². The third-order valence-electron chi connectivity index (χ3n) is 1.64. The predicted octanol–water partition coefficient (Wildman–Crippen LogP) is 3.05. The van der Waals surface area contributed by atoms with Crippen LogP contribution in [-0.4, -0.2) is 16.3 Å². The van der Waals surface area contributed by atoms with E-state index in [1.54, 1.807) is 0 Å². The maximum absolute atomic E-state index is 13.2. The van der Waals surface area contributed by atoms with Crippen molar-refractivity contribution < 1.29 is 40.4 Å². The quantitative estimate of drug-likeness (QED) is 0.477. The molecule has 1 heterocycles. The summed E-state index contributed by atoms with van der Waals surface area (Å²) < 4.78 is 88.3. The first-order valence-corrected chi connectivity index (χ1v) is 4.09. The van der Waals surface area contributed by atoms with Crippen LogP contribution in [0.1, 0.15) is 5.69 Å². The van der Waals surface area contributed by atoms with Gasteiger partial charge in [0.25, 0.3) is 0 Å². The minimum absolute atomic E-state index is 0.237. The average molecular weight is 294 g/mol. The molecule has 5 nitrogen and oxygen atoms in total. The third kappa shape index (κ3) is 3.42. The van der Waals surface area contributed by atoms with Crippen LogP contribution >= 0.6 is 0 Å². The number of pyridine rings is 1. The molecule has 0 unspecified atom stereocenters. The lowest BCUT2D eigenvalue weighted by molar-refractivity contribution is -0.391. The summed E-state index contributed by atoms with van der Waals surface area (Å²) in [5.74, 6) is -4.24. The number of rotatable bonds is 2. The number of hydrogen-bond donors (Lipinski definition) is 0. The molecule has 0 N–H and O–H groups in total. The Bertz CT molecular complexity index is 511. The summed E-state index contributed by atoms with van der Waals surface area (Å²) in [4.78, 5) is 10.8. The van der Waals surface area contributed by atoms with E-state index in [1.807, 2.05) is 0 Å². The van der Waals surface area contributed by atoms with E-state index in [-0.39, 0.29) is 6.20 Å². The zero-order chi connectivity index (χ0) is 15.0. The summed E-state index contributed by atoms with van der Waals surface area (Å²) in [6.07, 6.45) is -11.1. The van der Waals surface area contributed by atoms with Gasteiger partial charge in [-0.3, -0.25) is 10.1 Å². The molecule has 0 fully saturated rings. The van der Waals surface area contributed by atoms with Gasteiger partial charge >= 0.3 is 18.2 Å². The molecule has 0 amide bonds. The summed E-state index contributed by atoms with van der Waals surface area (Å²) in [5.41, 5.74) is -4.50. The molecule has 19 heavy (non-hydrogen) atoms. The Balaban J connectivity index is 3.45. The molecule has 0 aliphatic heterocycles. The van der Waals surface area contributed by atoms with Crippen LogP contribution in [-0.2, 0) is 6.18 Å². The third-order valence-corrected chi connectivity index (χ3v) is 1.64. The van der Waals surface area contributed by atoms with Gasteiger partial charge in [0.05, 0.1) is 11.1 Å². The van der Waals surface area contributed by atoms with Crippen molar-refractivity contribution in [3.63, 3.8) is 0 Å². The van der Waals surface area contributed by atoms with Crippen LogP contribution in [0.15, 0.2) is 6.20 Å². The van der Waals surface area contributed by atoms with Crippen molar-refractivity contribution in [3.05, 3.63) is 27.8 Å². The number of alkyl halides is 6. The van der Waals surface area contributed by atoms with E-state index in [9.17, 15) is 40.8 Å². The van der Waals surface area contributed by atoms with Gasteiger partial charge in [0.2, 0.25) is 11.5 Å². The van der Waals surface area contributed by atoms with Gasteiger partial charge in [0, 0.05) is 0 Å². The molecule has 0 radical (unpaired) electrons. The van der Waals surface area contributed by atoms with E-state index in [2.05, 4.69) is 9.72 Å². The average Bonchev–Trinajstić information content (AvgIpc) is 2.16. The Morgan fingerprint density at radius 2 is 1.74 bits per heavy atom. The summed E-state index contributed by atoms with van der Waals surface area (Å²) in [6, 6.07) is 0. The number of hydrogen-bond acceptors (Lipinski definition) is 4. The zero-order valence-corrected chi connectivity index (χ0v) is 8.34. The Hall–Kier alpha value is -2.14. The van der Waals surface area contributed by atoms with Crippen LogP contribution in [0.3, 0.4) is 0 Å². The molecule has 0 aliphatic rings. The first-order valence-electron chi connectivity index (χ1n) is 4.09. The fourth-order valence-corrected chi connectivity index (χ4v) is 1.03. The Morgan fingerprint density at radius 3 is 2.11 bits per heavy atom. The zero-order valence-electron chi connectivity index (χ0n) is 8.34. The number of nitrogens with zero attached hydrogens (tertiary/aromatic N) is 2. The minimum atomic E-state index is -5.43. The fourth-order valence-electron chi connectivity index (χ4n) is 1.03. The maximum atomic E-state index is 13.2. The highest BCUT2D eigenvalue weighted by molar-refractivity contribution is 5.44. The van der Waals surface area contributed by atoms with E-state index in [4.69, 9.17) is 0 Å². The molecule has 1 aromatic heterocycles. The molecular weight excluding hydrogens is 293 g/mol. The highest BCUT2D eigenvalue weighted by Gasteiger charge is 2.44. The van der Waals surface area contributed by atoms with Crippen LogP contribution < -0.4 is 4.74 Å². The second-order valence-electron chi connectivity index (χ2n) is 2.94. The lowest BCUT2D eigenvalue weighted by Crippen LogP contribution is -2.20. The van der Waals surface area contributed by atoms with Crippen LogP contribution in [0.5, 0.6) is 5.75 Å². The number of aromatic nitrogens is 1. The highest BCUT2D eigenvalue weighted by Crippen LogP contribution is 2.39. The van der Waals surface area contributed by atoms with Crippen molar-refractivity contribution in [1.82, 2.24) is 4.98 Å². The van der Waals surface area contributed by atoms with E-state index >= 15 is 0 Å². The fraction of sp³-hybridized carbons (Fsp3) is 0.286. The molecule has 0 saturated heterocycles. The summed E-state index contributed by atoms with van der Waals surface area (Å²) in [6.45, 7) is 0. The summed E-state index contributed by atoms with van der Waals surface area (Å²) >= 11 is 0. The van der Waals surface area contributed by atoms with Crippen LogP contribution in [0.2, 0.25) is 0 Å². The molecular formula is C7HF7N2O3. The predicted molar refractivity (Wildman–Crippen MR) is 42.5 cm³/mol. The van der Waals surface area contributed by atoms with Crippen LogP contribution in [0.4, 0.5) is 36.4 Å². The minimum Gasteiger partial charge on any atom is -0.401 e. The summed E-state index contributed by atoms with van der Waals surface area (Å²) in [7, 11) is 0. The first-order chi connectivity index (χ1) is 8.43. The molecule has 0 aromatic carbocycles. The number of ether oxygens (including phenoxy) is 1. The molecule has 0 atom stereocenters. The van der Waals surface area contributed by atoms with Crippen molar-refractivity contribution in [2.45, 2.75) is 12.5 Å². The van der Waals surface area contributed by atoms with E-state index < -0.39 is 40.4 Å². The monoisotopic (exact) mass is 294 g/mol. The van der Waals surface area contributed by atoms with Gasteiger partial charge in [-0.05, 0) is 0 Å². The van der Waals surface area contributed by atoms with Gasteiger partial charge in [0.15, 0.2) is 5.75 Å². The van der Waals surface area contributed by atoms with Gasteiger partial charge in [-0.1, -0.05) is 0 Å². The van der Waals surface area contributed by atoms with Gasteiger partial charge in [-0.25, -0.2) is 4.98 Å². The number of halogens is 7. The molecule has 1 rings (SSSR count). The second-order valence-corrected chi connectivity index (χ2v) is 2.94. The van der Waals surface area contributed by atoms with Gasteiger partial charge in [-0.2, -0.15) is 17.6 Å². The standard InChI is InChI=1S/C7HF7N2O3/c8-3-2(19-7(12,13)14)1-15-5(6(9,10)11)4(3)16(17)18/h1H. The SMILES string of the molecule is O=[N+]([O-])c1c(C(F)(F)F)ncc(OC(F)(F)F)c1F. The molecule has 0 spiro atoms. The number of nitro groups is 1. The van der Waals surface area contributed by atoms with E-state index in [1.165, 1.54) is 0 Å². The topological polar surface area (TPSA) is 65.3 Å². The van der Waals surface area contributed by atoms with Crippen molar-refractivity contribution in [1.29, 1.82) is 0 Å². The van der Waals surface area contributed by atoms with E-state index in [0.717, 1.165) is 0 Å². The Morgan fingerprint density at radius 1 is 1.21 bits per heavy atom. The second kappa shape index (κ2) is 4.51. The highest BCUT2D eigenvalue weighted by atomic mass is 19.4. The molecule has 0 aliphatic carbocycles. The maximum Gasteiger partial charge on any atom is 0.573 e. The van der Waals surface area contributed by atoms with E-state index in [0.29, 0.717) is 0 Å². The Kier molecular flexibility index (Phi) is 3.54. The molecule has 106 valence electrons. The van der Waals surface area contributed by atoms with Crippen molar-refractivity contribution >= 4 is 5.69 Å². The summed E-state index contributed by atoms with van der Waals surface area (Å²) in [5, 5.41) is 10.3. The lowest BCUT2D eigenvalue weighted by Gasteiger charge is -2.11. The normalized spacial score (nSPS) is 12.4. The van der Waals surface area contributed by atoms with Gasteiger partial charge in [-0.15, -0.1) is 13.2 Å².